The molecule has 0 N–H and O–H groups in total. The Kier molecular flexibility index (Phi) is 4.74. The van der Waals surface area contributed by atoms with E-state index in [2.05, 4.69) is 0 Å². The smallest absolute Gasteiger partial charge is 0.257 e. The van der Waals surface area contributed by atoms with Gasteiger partial charge < -0.3 is 9.64 Å². The lowest BCUT2D eigenvalue weighted by Gasteiger charge is -2.42. The Bertz CT molecular complexity index is 690. The Morgan fingerprint density at radius 3 is 2.42 bits per heavy atom. The number of amides is 2. The molecule has 0 bridgehead atoms. The van der Waals surface area contributed by atoms with Gasteiger partial charge in [0.2, 0.25) is 5.91 Å². The van der Waals surface area contributed by atoms with E-state index in [0.717, 1.165) is 57.2 Å². The van der Waals surface area contributed by atoms with E-state index in [4.69, 9.17) is 4.74 Å². The van der Waals surface area contributed by atoms with Crippen LogP contribution in [0.2, 0.25) is 0 Å². The van der Waals surface area contributed by atoms with E-state index in [1.807, 2.05) is 41.0 Å². The fourth-order valence-corrected chi connectivity index (χ4v) is 4.75. The number of benzene rings is 1. The summed E-state index contributed by atoms with van der Waals surface area (Å²) in [6, 6.07) is 7.16. The molecular weight excluding hydrogens is 328 g/mol. The first kappa shape index (κ1) is 17.5. The minimum Gasteiger partial charge on any atom is -0.353 e. The summed E-state index contributed by atoms with van der Waals surface area (Å²) in [4.78, 5) is 30.4. The number of carbonyl (C=O) groups is 2. The largest absolute Gasteiger partial charge is 0.353 e. The number of carbonyl (C=O) groups excluding carboxylic acids is 2. The summed E-state index contributed by atoms with van der Waals surface area (Å²) in [5.74, 6) is 0.00642. The lowest BCUT2D eigenvalue weighted by Crippen LogP contribution is -2.56. The molecule has 1 aromatic rings. The van der Waals surface area contributed by atoms with E-state index in [1.165, 1.54) is 6.42 Å². The Labute approximate surface area is 155 Å². The molecule has 0 radical (unpaired) electrons. The van der Waals surface area contributed by atoms with E-state index in [1.54, 1.807) is 0 Å². The first-order valence-electron chi connectivity index (χ1n) is 9.94. The fourth-order valence-electron chi connectivity index (χ4n) is 4.75. The molecule has 3 aliphatic rings. The quantitative estimate of drug-likeness (QED) is 0.818. The Balaban J connectivity index is 1.69. The molecule has 26 heavy (non-hydrogen) atoms. The predicted molar refractivity (Wildman–Crippen MR) is 98.7 cm³/mol. The van der Waals surface area contributed by atoms with Gasteiger partial charge in [0.25, 0.3) is 5.91 Å². The van der Waals surface area contributed by atoms with Crippen LogP contribution in [0.3, 0.4) is 0 Å². The summed E-state index contributed by atoms with van der Waals surface area (Å²) >= 11 is 0. The van der Waals surface area contributed by atoms with Gasteiger partial charge in [-0.3, -0.25) is 14.5 Å². The molecule has 1 atom stereocenters. The summed E-state index contributed by atoms with van der Waals surface area (Å²) < 4.78 is 6.23. The van der Waals surface area contributed by atoms with Crippen LogP contribution >= 0.6 is 0 Å². The second-order valence-electron chi connectivity index (χ2n) is 7.86. The minimum absolute atomic E-state index is 0.0555. The zero-order valence-electron chi connectivity index (χ0n) is 15.6. The van der Waals surface area contributed by atoms with Gasteiger partial charge in [0.05, 0.1) is 6.61 Å². The van der Waals surface area contributed by atoms with Crippen molar-refractivity contribution in [1.29, 1.82) is 0 Å². The van der Waals surface area contributed by atoms with Crippen molar-refractivity contribution in [2.75, 3.05) is 19.7 Å². The summed E-state index contributed by atoms with van der Waals surface area (Å²) in [7, 11) is 0. The lowest BCUT2D eigenvalue weighted by atomic mass is 9.89. The highest BCUT2D eigenvalue weighted by molar-refractivity contribution is 5.99. The molecule has 3 fully saturated rings. The van der Waals surface area contributed by atoms with Crippen LogP contribution in [0, 0.1) is 6.92 Å². The molecule has 4 rings (SSSR count). The SMILES string of the molecule is Cc1ccccc1C(=O)N1C(C(=O)N2CCCC2)COC12CCCCC2. The molecule has 2 aliphatic heterocycles. The van der Waals surface area contributed by atoms with E-state index in [0.29, 0.717) is 12.2 Å². The highest BCUT2D eigenvalue weighted by Gasteiger charge is 2.53. The highest BCUT2D eigenvalue weighted by atomic mass is 16.5. The molecule has 140 valence electrons. The number of nitrogens with zero attached hydrogens (tertiary/aromatic N) is 2. The molecule has 5 nitrogen and oxygen atoms in total. The van der Waals surface area contributed by atoms with Crippen molar-refractivity contribution in [3.8, 4) is 0 Å². The van der Waals surface area contributed by atoms with Gasteiger partial charge in [-0.05, 0) is 57.1 Å². The van der Waals surface area contributed by atoms with Crippen LogP contribution in [0.4, 0.5) is 0 Å². The standard InChI is InChI=1S/C21H28N2O3/c1-16-9-3-4-10-17(16)19(24)23-18(20(25)22-13-7-8-14-22)15-26-21(23)11-5-2-6-12-21/h3-4,9-10,18H,2,5-8,11-15H2,1H3. The zero-order chi connectivity index (χ0) is 18.1. The van der Waals surface area contributed by atoms with Crippen molar-refractivity contribution in [3.05, 3.63) is 35.4 Å². The summed E-state index contributed by atoms with van der Waals surface area (Å²) in [6.07, 6.45) is 7.02. The van der Waals surface area contributed by atoms with Gasteiger partial charge in [-0.15, -0.1) is 0 Å². The van der Waals surface area contributed by atoms with Crippen molar-refractivity contribution in [3.63, 3.8) is 0 Å². The number of likely N-dealkylation sites (tertiary alicyclic amines) is 1. The molecule has 1 aromatic carbocycles. The fraction of sp³-hybridized carbons (Fsp3) is 0.619. The van der Waals surface area contributed by atoms with E-state index < -0.39 is 11.8 Å². The maximum Gasteiger partial charge on any atom is 0.257 e. The average Bonchev–Trinajstić information content (AvgIpc) is 3.30. The third-order valence-corrected chi connectivity index (χ3v) is 6.19. The number of aryl methyl sites for hydroxylation is 1. The third-order valence-electron chi connectivity index (χ3n) is 6.19. The van der Waals surface area contributed by atoms with Gasteiger partial charge in [0, 0.05) is 18.7 Å². The number of hydrogen-bond donors (Lipinski definition) is 0. The van der Waals surface area contributed by atoms with Crippen molar-refractivity contribution < 1.29 is 14.3 Å². The molecule has 0 aromatic heterocycles. The van der Waals surface area contributed by atoms with Gasteiger partial charge in [0.15, 0.2) is 0 Å². The van der Waals surface area contributed by atoms with Crippen molar-refractivity contribution >= 4 is 11.8 Å². The van der Waals surface area contributed by atoms with Gasteiger partial charge >= 0.3 is 0 Å². The van der Waals surface area contributed by atoms with Crippen LogP contribution in [-0.2, 0) is 9.53 Å². The van der Waals surface area contributed by atoms with Crippen molar-refractivity contribution in [2.45, 2.75) is 63.6 Å². The molecule has 1 spiro atoms. The second-order valence-corrected chi connectivity index (χ2v) is 7.86. The Morgan fingerprint density at radius 1 is 1.04 bits per heavy atom. The molecule has 2 amide bonds. The first-order chi connectivity index (χ1) is 12.6. The molecule has 2 heterocycles. The summed E-state index contributed by atoms with van der Waals surface area (Å²) in [5, 5.41) is 0. The maximum atomic E-state index is 13.5. The second kappa shape index (κ2) is 7.03. The monoisotopic (exact) mass is 356 g/mol. The molecule has 1 saturated carbocycles. The zero-order valence-corrected chi connectivity index (χ0v) is 15.6. The molecule has 5 heteroatoms. The Hall–Kier alpha value is -1.88. The van der Waals surface area contributed by atoms with Crippen LogP contribution in [-0.4, -0.2) is 53.1 Å². The maximum absolute atomic E-state index is 13.5. The summed E-state index contributed by atoms with van der Waals surface area (Å²) in [5.41, 5.74) is 1.03. The topological polar surface area (TPSA) is 49.9 Å². The molecule has 1 unspecified atom stereocenters. The van der Waals surface area contributed by atoms with Crippen LogP contribution in [0.25, 0.3) is 0 Å². The summed E-state index contributed by atoms with van der Waals surface area (Å²) in [6.45, 7) is 3.88. The first-order valence-corrected chi connectivity index (χ1v) is 9.94. The van der Waals surface area contributed by atoms with Gasteiger partial charge in [-0.1, -0.05) is 24.6 Å². The molecule has 2 saturated heterocycles. The average molecular weight is 356 g/mol. The van der Waals surface area contributed by atoms with Gasteiger partial charge in [-0.2, -0.15) is 0 Å². The number of hydrogen-bond acceptors (Lipinski definition) is 3. The van der Waals surface area contributed by atoms with Crippen LogP contribution in [0.5, 0.6) is 0 Å². The van der Waals surface area contributed by atoms with Crippen molar-refractivity contribution in [2.24, 2.45) is 0 Å². The third kappa shape index (κ3) is 2.92. The normalized spacial score (nSPS) is 25.0. The van der Waals surface area contributed by atoms with Crippen LogP contribution < -0.4 is 0 Å². The van der Waals surface area contributed by atoms with Crippen molar-refractivity contribution in [1.82, 2.24) is 9.80 Å². The van der Waals surface area contributed by atoms with E-state index in [-0.39, 0.29) is 11.8 Å². The predicted octanol–water partition coefficient (Wildman–Crippen LogP) is 3.12. The minimum atomic E-state index is -0.600. The van der Waals surface area contributed by atoms with Gasteiger partial charge in [-0.25, -0.2) is 0 Å². The van der Waals surface area contributed by atoms with Gasteiger partial charge in [0.1, 0.15) is 11.8 Å². The number of ether oxygens (including phenoxy) is 1. The molecule has 1 aliphatic carbocycles. The van der Waals surface area contributed by atoms with Crippen LogP contribution in [0.1, 0.15) is 60.9 Å². The van der Waals surface area contributed by atoms with E-state index in [9.17, 15) is 9.59 Å². The number of rotatable bonds is 2. The Morgan fingerprint density at radius 2 is 1.73 bits per heavy atom. The lowest BCUT2D eigenvalue weighted by molar-refractivity contribution is -0.136. The van der Waals surface area contributed by atoms with Crippen LogP contribution in [0.15, 0.2) is 24.3 Å². The molecular formula is C21H28N2O3. The van der Waals surface area contributed by atoms with E-state index >= 15 is 0 Å². The highest BCUT2D eigenvalue weighted by Crippen LogP contribution is 2.42.